The van der Waals surface area contributed by atoms with E-state index in [1.807, 2.05) is 0 Å². The number of fused-ring (bicyclic) bond motifs is 5. The van der Waals surface area contributed by atoms with Gasteiger partial charge in [-0.2, -0.15) is 0 Å². The zero-order chi connectivity index (χ0) is 14.8. The molecule has 1 saturated carbocycles. The van der Waals surface area contributed by atoms with Crippen LogP contribution in [0.5, 0.6) is 0 Å². The average molecular weight is 284 g/mol. The van der Waals surface area contributed by atoms with Crippen molar-refractivity contribution in [3.63, 3.8) is 0 Å². The summed E-state index contributed by atoms with van der Waals surface area (Å²) >= 11 is 0. The number of rotatable bonds is 1. The second-order valence-electron chi connectivity index (χ2n) is 7.03. The number of allylic oxidation sites excluding steroid dienone is 4. The molecule has 1 unspecified atom stereocenters. The van der Waals surface area contributed by atoms with Crippen molar-refractivity contribution in [2.45, 2.75) is 25.2 Å². The first-order valence-electron chi connectivity index (χ1n) is 8.38. The molecule has 0 heteroatoms. The van der Waals surface area contributed by atoms with Gasteiger partial charge in [0, 0.05) is 10.8 Å². The van der Waals surface area contributed by atoms with Crippen LogP contribution in [0, 0.1) is 11.3 Å². The van der Waals surface area contributed by atoms with Gasteiger partial charge in [0.05, 0.1) is 0 Å². The minimum absolute atomic E-state index is 0.223. The van der Waals surface area contributed by atoms with Crippen LogP contribution in [-0.2, 0) is 5.41 Å². The van der Waals surface area contributed by atoms with Crippen molar-refractivity contribution in [3.05, 3.63) is 84.0 Å². The van der Waals surface area contributed by atoms with Crippen molar-refractivity contribution in [3.8, 4) is 11.1 Å². The summed E-state index contributed by atoms with van der Waals surface area (Å²) in [5.74, 6) is 0.666. The summed E-state index contributed by atoms with van der Waals surface area (Å²) in [6.07, 6.45) is 11.8. The monoisotopic (exact) mass is 284 g/mol. The van der Waals surface area contributed by atoms with Crippen molar-refractivity contribution in [2.75, 3.05) is 0 Å². The molecular formula is C22H20. The lowest BCUT2D eigenvalue weighted by molar-refractivity contribution is 0.0341. The second-order valence-corrected chi connectivity index (χ2v) is 7.03. The van der Waals surface area contributed by atoms with E-state index in [1.54, 1.807) is 11.1 Å². The smallest absolute Gasteiger partial charge is 0.0265 e. The minimum Gasteiger partial charge on any atom is -0.0742 e. The van der Waals surface area contributed by atoms with Crippen molar-refractivity contribution in [2.24, 2.45) is 11.3 Å². The van der Waals surface area contributed by atoms with Crippen LogP contribution in [0.25, 0.3) is 11.1 Å². The molecule has 1 fully saturated rings. The highest BCUT2D eigenvalue weighted by Crippen LogP contribution is 2.71. The summed E-state index contributed by atoms with van der Waals surface area (Å²) in [5, 5.41) is 0. The van der Waals surface area contributed by atoms with Crippen molar-refractivity contribution >= 4 is 0 Å². The van der Waals surface area contributed by atoms with Gasteiger partial charge in [-0.15, -0.1) is 0 Å². The molecule has 0 radical (unpaired) electrons. The maximum atomic E-state index is 2.44. The van der Waals surface area contributed by atoms with Gasteiger partial charge in [0.15, 0.2) is 0 Å². The maximum Gasteiger partial charge on any atom is 0.0265 e. The van der Waals surface area contributed by atoms with Crippen molar-refractivity contribution in [1.29, 1.82) is 0 Å². The predicted octanol–water partition coefficient (Wildman–Crippen LogP) is 5.50. The summed E-state index contributed by atoms with van der Waals surface area (Å²) in [6.45, 7) is 2.36. The molecule has 2 aromatic rings. The van der Waals surface area contributed by atoms with E-state index in [0.29, 0.717) is 11.3 Å². The normalized spacial score (nSPS) is 24.5. The molecule has 0 heterocycles. The Morgan fingerprint density at radius 2 is 1.41 bits per heavy atom. The Morgan fingerprint density at radius 3 is 1.95 bits per heavy atom. The Labute approximate surface area is 132 Å². The van der Waals surface area contributed by atoms with Gasteiger partial charge in [0.1, 0.15) is 0 Å². The molecule has 3 aliphatic rings. The van der Waals surface area contributed by atoms with E-state index in [0.717, 1.165) is 0 Å². The molecule has 108 valence electrons. The van der Waals surface area contributed by atoms with Crippen molar-refractivity contribution < 1.29 is 0 Å². The van der Waals surface area contributed by atoms with Crippen LogP contribution < -0.4 is 0 Å². The van der Waals surface area contributed by atoms with Gasteiger partial charge in [0.25, 0.3) is 0 Å². The fraction of sp³-hybridized carbons (Fsp3) is 0.273. The topological polar surface area (TPSA) is 0 Å². The maximum absolute atomic E-state index is 2.44. The molecule has 0 N–H and O–H groups in total. The molecule has 0 aromatic heterocycles. The van der Waals surface area contributed by atoms with E-state index < -0.39 is 0 Å². The third-order valence-electron chi connectivity index (χ3n) is 6.27. The molecule has 1 atom stereocenters. The van der Waals surface area contributed by atoms with Gasteiger partial charge in [-0.3, -0.25) is 0 Å². The Bertz CT molecular complexity index is 764. The second kappa shape index (κ2) is 4.01. The quantitative estimate of drug-likeness (QED) is 0.649. The molecule has 2 spiro atoms. The zero-order valence-electron chi connectivity index (χ0n) is 12.9. The van der Waals surface area contributed by atoms with E-state index in [1.165, 1.54) is 24.0 Å². The van der Waals surface area contributed by atoms with Gasteiger partial charge in [-0.25, -0.2) is 0 Å². The summed E-state index contributed by atoms with van der Waals surface area (Å²) in [7, 11) is 0. The largest absolute Gasteiger partial charge is 0.0742 e. The molecule has 0 aliphatic heterocycles. The highest BCUT2D eigenvalue weighted by Gasteiger charge is 2.64. The Hall–Kier alpha value is -2.08. The first-order chi connectivity index (χ1) is 10.8. The fourth-order valence-electron chi connectivity index (χ4n) is 5.59. The van der Waals surface area contributed by atoms with Gasteiger partial charge in [-0.1, -0.05) is 86.2 Å². The average Bonchev–Trinajstić information content (AvgIpc) is 3.14. The van der Waals surface area contributed by atoms with Gasteiger partial charge < -0.3 is 0 Å². The fourth-order valence-corrected chi connectivity index (χ4v) is 5.59. The molecule has 0 amide bonds. The third-order valence-corrected chi connectivity index (χ3v) is 6.27. The Morgan fingerprint density at radius 1 is 0.864 bits per heavy atom. The molecule has 22 heavy (non-hydrogen) atoms. The van der Waals surface area contributed by atoms with Crippen LogP contribution in [0.4, 0.5) is 0 Å². The lowest BCUT2D eigenvalue weighted by Crippen LogP contribution is -2.56. The van der Waals surface area contributed by atoms with Gasteiger partial charge >= 0.3 is 0 Å². The predicted molar refractivity (Wildman–Crippen MR) is 91.8 cm³/mol. The summed E-state index contributed by atoms with van der Waals surface area (Å²) in [6, 6.07) is 18.1. The summed E-state index contributed by atoms with van der Waals surface area (Å²) in [4.78, 5) is 0. The first kappa shape index (κ1) is 12.5. The molecule has 2 aromatic carbocycles. The highest BCUT2D eigenvalue weighted by molar-refractivity contribution is 5.82. The van der Waals surface area contributed by atoms with Crippen LogP contribution in [0.15, 0.2) is 72.8 Å². The molecule has 0 nitrogen and oxygen atoms in total. The van der Waals surface area contributed by atoms with Gasteiger partial charge in [-0.05, 0) is 34.6 Å². The van der Waals surface area contributed by atoms with Crippen LogP contribution in [0.2, 0.25) is 0 Å². The van der Waals surface area contributed by atoms with Crippen LogP contribution in [-0.4, -0.2) is 0 Å². The molecular weight excluding hydrogens is 264 g/mol. The van der Waals surface area contributed by atoms with E-state index in [2.05, 4.69) is 79.8 Å². The third kappa shape index (κ3) is 1.22. The molecule has 0 saturated heterocycles. The summed E-state index contributed by atoms with van der Waals surface area (Å²) in [5.41, 5.74) is 6.54. The molecule has 5 rings (SSSR count). The lowest BCUT2D eigenvalue weighted by atomic mass is 9.42. The van der Waals surface area contributed by atoms with Crippen molar-refractivity contribution in [1.82, 2.24) is 0 Å². The van der Waals surface area contributed by atoms with Crippen LogP contribution >= 0.6 is 0 Å². The van der Waals surface area contributed by atoms with Crippen LogP contribution in [0.1, 0.15) is 30.9 Å². The van der Waals surface area contributed by atoms with E-state index in [4.69, 9.17) is 0 Å². The molecule has 0 bridgehead atoms. The first-order valence-corrected chi connectivity index (χ1v) is 8.38. The minimum atomic E-state index is 0.223. The van der Waals surface area contributed by atoms with Gasteiger partial charge in [0.2, 0.25) is 0 Å². The van der Waals surface area contributed by atoms with Crippen LogP contribution in [0.3, 0.4) is 0 Å². The van der Waals surface area contributed by atoms with E-state index in [-0.39, 0.29) is 5.41 Å². The SMILES string of the molecule is CCC1C2(C=CC=C2)CC12c1ccccc1-c1ccccc12. The standard InChI is InChI=1S/C22H20/c1-2-20-21(13-7-8-14-21)15-22(20)18-11-5-3-9-16(18)17-10-4-6-12-19(17)22/h3-14,20H,2,15H2,1H3. The zero-order valence-corrected chi connectivity index (χ0v) is 12.9. The Kier molecular flexibility index (Phi) is 2.27. The number of hydrogen-bond donors (Lipinski definition) is 0. The van der Waals surface area contributed by atoms with E-state index >= 15 is 0 Å². The highest BCUT2D eigenvalue weighted by atomic mass is 14.7. The lowest BCUT2D eigenvalue weighted by Gasteiger charge is -2.60. The number of benzene rings is 2. The molecule has 3 aliphatic carbocycles. The van der Waals surface area contributed by atoms with E-state index in [9.17, 15) is 0 Å². The Balaban J connectivity index is 1.79. The summed E-state index contributed by atoms with van der Waals surface area (Å²) < 4.78 is 0. The number of hydrogen-bond acceptors (Lipinski definition) is 0.